The summed E-state index contributed by atoms with van der Waals surface area (Å²) in [7, 11) is 3.32. The van der Waals surface area contributed by atoms with Crippen LogP contribution in [0, 0.1) is 0 Å². The zero-order valence-electron chi connectivity index (χ0n) is 10.9. The highest BCUT2D eigenvalue weighted by Gasteiger charge is 2.18. The first-order valence-corrected chi connectivity index (χ1v) is 6.31. The largest absolute Gasteiger partial charge is 0.469 e. The number of nitrogens with zero attached hydrogens (tertiary/aromatic N) is 1. The van der Waals surface area contributed by atoms with Crippen LogP contribution in [0.15, 0.2) is 12.1 Å². The Morgan fingerprint density at radius 2 is 2.26 bits per heavy atom. The molecule has 104 valence electrons. The fourth-order valence-corrected chi connectivity index (χ4v) is 2.17. The maximum atomic E-state index is 11.1. The third kappa shape index (κ3) is 3.52. The van der Waals surface area contributed by atoms with Gasteiger partial charge in [-0.25, -0.2) is 0 Å². The molecular weight excluding hydrogens is 270 g/mol. The van der Waals surface area contributed by atoms with Crippen molar-refractivity contribution in [2.75, 3.05) is 27.5 Å². The van der Waals surface area contributed by atoms with Gasteiger partial charge in [0.2, 0.25) is 6.79 Å². The topological polar surface area (TPSA) is 48.0 Å². The van der Waals surface area contributed by atoms with E-state index in [-0.39, 0.29) is 12.8 Å². The van der Waals surface area contributed by atoms with Crippen LogP contribution in [0.4, 0.5) is 0 Å². The lowest BCUT2D eigenvalue weighted by Gasteiger charge is -2.16. The van der Waals surface area contributed by atoms with Crippen molar-refractivity contribution in [3.05, 3.63) is 22.7 Å². The Balaban J connectivity index is 1.96. The highest BCUT2D eigenvalue weighted by atomic mass is 35.5. The van der Waals surface area contributed by atoms with E-state index in [1.54, 1.807) is 0 Å². The summed E-state index contributed by atoms with van der Waals surface area (Å²) in [5.41, 5.74) is 1.02. The van der Waals surface area contributed by atoms with Crippen LogP contribution in [0.25, 0.3) is 0 Å². The van der Waals surface area contributed by atoms with Crippen molar-refractivity contribution in [2.45, 2.75) is 13.0 Å². The number of halogens is 1. The number of rotatable bonds is 5. The standard InChI is InChI=1S/C13H16ClNO4/c1-15(4-3-12(16)17-2)7-9-5-10(14)13-11(6-9)18-8-19-13/h5-6H,3-4,7-8H2,1-2H3. The minimum atomic E-state index is -0.212. The Bertz CT molecular complexity index is 478. The third-order valence-electron chi connectivity index (χ3n) is 2.86. The molecule has 0 fully saturated rings. The van der Waals surface area contributed by atoms with Crippen molar-refractivity contribution >= 4 is 17.6 Å². The molecule has 0 N–H and O–H groups in total. The van der Waals surface area contributed by atoms with Gasteiger partial charge in [0.1, 0.15) is 0 Å². The van der Waals surface area contributed by atoms with Crippen molar-refractivity contribution in [1.29, 1.82) is 0 Å². The lowest BCUT2D eigenvalue weighted by Crippen LogP contribution is -2.21. The zero-order valence-corrected chi connectivity index (χ0v) is 11.7. The van der Waals surface area contributed by atoms with Gasteiger partial charge in [-0.15, -0.1) is 0 Å². The van der Waals surface area contributed by atoms with Crippen LogP contribution in [0.5, 0.6) is 11.5 Å². The minimum absolute atomic E-state index is 0.205. The summed E-state index contributed by atoms with van der Waals surface area (Å²) >= 11 is 6.11. The highest BCUT2D eigenvalue weighted by Crippen LogP contribution is 2.39. The van der Waals surface area contributed by atoms with E-state index in [1.807, 2.05) is 24.1 Å². The summed E-state index contributed by atoms with van der Waals surface area (Å²) in [6.07, 6.45) is 0.366. The van der Waals surface area contributed by atoms with E-state index in [0.717, 1.165) is 5.56 Å². The highest BCUT2D eigenvalue weighted by molar-refractivity contribution is 6.32. The smallest absolute Gasteiger partial charge is 0.306 e. The molecule has 0 bridgehead atoms. The Morgan fingerprint density at radius 1 is 1.47 bits per heavy atom. The van der Waals surface area contributed by atoms with Gasteiger partial charge >= 0.3 is 5.97 Å². The van der Waals surface area contributed by atoms with Gasteiger partial charge in [-0.2, -0.15) is 0 Å². The first-order valence-electron chi connectivity index (χ1n) is 5.93. The van der Waals surface area contributed by atoms with Gasteiger partial charge < -0.3 is 19.1 Å². The average Bonchev–Trinajstić information content (AvgIpc) is 2.84. The number of ether oxygens (including phenoxy) is 3. The molecule has 6 heteroatoms. The van der Waals surface area contributed by atoms with Gasteiger partial charge in [-0.1, -0.05) is 11.6 Å². The van der Waals surface area contributed by atoms with Crippen LogP contribution in [-0.2, 0) is 16.1 Å². The molecule has 2 rings (SSSR count). The van der Waals surface area contributed by atoms with Crippen LogP contribution < -0.4 is 9.47 Å². The summed E-state index contributed by atoms with van der Waals surface area (Å²) in [4.78, 5) is 13.1. The lowest BCUT2D eigenvalue weighted by atomic mass is 10.2. The monoisotopic (exact) mass is 285 g/mol. The number of benzene rings is 1. The number of hydrogen-bond donors (Lipinski definition) is 0. The zero-order chi connectivity index (χ0) is 13.8. The lowest BCUT2D eigenvalue weighted by molar-refractivity contribution is -0.140. The third-order valence-corrected chi connectivity index (χ3v) is 3.15. The molecule has 0 spiro atoms. The first kappa shape index (κ1) is 14.0. The Hall–Kier alpha value is -1.46. The Labute approximate surface area is 117 Å². The maximum Gasteiger partial charge on any atom is 0.306 e. The fraction of sp³-hybridized carbons (Fsp3) is 0.462. The summed E-state index contributed by atoms with van der Waals surface area (Å²) in [5.74, 6) is 1.06. The van der Waals surface area contributed by atoms with Crippen molar-refractivity contribution in [3.8, 4) is 11.5 Å². The number of carbonyl (C=O) groups is 1. The van der Waals surface area contributed by atoms with E-state index in [2.05, 4.69) is 4.74 Å². The molecule has 0 aliphatic carbocycles. The summed E-state index contributed by atoms with van der Waals surface area (Å²) < 4.78 is 15.2. The van der Waals surface area contributed by atoms with Crippen LogP contribution in [0.1, 0.15) is 12.0 Å². The molecule has 0 saturated carbocycles. The normalized spacial score (nSPS) is 12.8. The Kier molecular flexibility index (Phi) is 4.50. The second-order valence-electron chi connectivity index (χ2n) is 4.38. The van der Waals surface area contributed by atoms with Crippen molar-refractivity contribution in [1.82, 2.24) is 4.90 Å². The number of esters is 1. The fourth-order valence-electron chi connectivity index (χ4n) is 1.89. The second-order valence-corrected chi connectivity index (χ2v) is 4.78. The number of hydrogen-bond acceptors (Lipinski definition) is 5. The van der Waals surface area contributed by atoms with Crippen LogP contribution >= 0.6 is 11.6 Å². The molecular formula is C13H16ClNO4. The van der Waals surface area contributed by atoms with Crippen LogP contribution in [-0.4, -0.2) is 38.4 Å². The molecule has 0 radical (unpaired) electrons. The quantitative estimate of drug-likeness (QED) is 0.775. The number of carbonyl (C=O) groups excluding carboxylic acids is 1. The van der Waals surface area contributed by atoms with E-state index in [0.29, 0.717) is 36.0 Å². The number of fused-ring (bicyclic) bond motifs is 1. The SMILES string of the molecule is COC(=O)CCN(C)Cc1cc(Cl)c2c(c1)OCO2. The van der Waals surface area contributed by atoms with Crippen molar-refractivity contribution < 1.29 is 19.0 Å². The van der Waals surface area contributed by atoms with E-state index >= 15 is 0 Å². The van der Waals surface area contributed by atoms with Gasteiger partial charge in [0.15, 0.2) is 11.5 Å². The molecule has 1 aromatic rings. The molecule has 1 heterocycles. The van der Waals surface area contributed by atoms with E-state index in [4.69, 9.17) is 21.1 Å². The molecule has 1 aliphatic rings. The molecule has 0 saturated heterocycles. The second kappa shape index (κ2) is 6.12. The molecule has 0 aromatic heterocycles. The van der Waals surface area contributed by atoms with Gasteiger partial charge in [-0.05, 0) is 24.7 Å². The molecule has 1 aromatic carbocycles. The summed E-state index contributed by atoms with van der Waals surface area (Å²) in [5, 5.41) is 0.548. The van der Waals surface area contributed by atoms with Crippen LogP contribution in [0.2, 0.25) is 5.02 Å². The molecule has 19 heavy (non-hydrogen) atoms. The van der Waals surface area contributed by atoms with E-state index < -0.39 is 0 Å². The summed E-state index contributed by atoms with van der Waals surface area (Å²) in [6.45, 7) is 1.50. The predicted molar refractivity (Wildman–Crippen MR) is 70.5 cm³/mol. The van der Waals surface area contributed by atoms with Gasteiger partial charge in [0.05, 0.1) is 18.6 Å². The van der Waals surface area contributed by atoms with Crippen molar-refractivity contribution in [2.24, 2.45) is 0 Å². The Morgan fingerprint density at radius 3 is 3.00 bits per heavy atom. The molecule has 1 aliphatic heterocycles. The van der Waals surface area contributed by atoms with Gasteiger partial charge in [0.25, 0.3) is 0 Å². The molecule has 5 nitrogen and oxygen atoms in total. The van der Waals surface area contributed by atoms with E-state index in [9.17, 15) is 4.79 Å². The minimum Gasteiger partial charge on any atom is -0.469 e. The maximum absolute atomic E-state index is 11.1. The van der Waals surface area contributed by atoms with Gasteiger partial charge in [0, 0.05) is 13.1 Å². The first-order chi connectivity index (χ1) is 9.10. The van der Waals surface area contributed by atoms with Crippen LogP contribution in [0.3, 0.4) is 0 Å². The predicted octanol–water partition coefficient (Wildman–Crippen LogP) is 2.06. The number of methoxy groups -OCH3 is 1. The molecule has 0 unspecified atom stereocenters. The average molecular weight is 286 g/mol. The molecule has 0 amide bonds. The van der Waals surface area contributed by atoms with Crippen molar-refractivity contribution in [3.63, 3.8) is 0 Å². The van der Waals surface area contributed by atoms with E-state index in [1.165, 1.54) is 7.11 Å². The van der Waals surface area contributed by atoms with Gasteiger partial charge in [-0.3, -0.25) is 4.79 Å². The summed E-state index contributed by atoms with van der Waals surface area (Å²) in [6, 6.07) is 3.76. The molecule has 0 atom stereocenters.